The second-order valence-corrected chi connectivity index (χ2v) is 5.64. The van der Waals surface area contributed by atoms with E-state index in [0.717, 1.165) is 24.1 Å². The summed E-state index contributed by atoms with van der Waals surface area (Å²) in [5.41, 5.74) is 2.53. The molecule has 4 nitrogen and oxygen atoms in total. The lowest BCUT2D eigenvalue weighted by atomic mass is 10.0. The van der Waals surface area contributed by atoms with Gasteiger partial charge in [0.15, 0.2) is 6.10 Å². The topological polar surface area (TPSA) is 46.6 Å². The monoisotopic (exact) mass is 309 g/mol. The van der Waals surface area contributed by atoms with Crippen LogP contribution in [-0.2, 0) is 16.0 Å². The first kappa shape index (κ1) is 15.3. The van der Waals surface area contributed by atoms with Gasteiger partial charge < -0.3 is 9.64 Å². The normalized spacial score (nSPS) is 14.7. The maximum atomic E-state index is 12.7. The molecule has 4 heteroatoms. The van der Waals surface area contributed by atoms with Crippen molar-refractivity contribution >= 4 is 17.6 Å². The minimum absolute atomic E-state index is 0.179. The summed E-state index contributed by atoms with van der Waals surface area (Å²) in [6.45, 7) is 2.28. The first-order chi connectivity index (χ1) is 11.2. The lowest BCUT2D eigenvalue weighted by molar-refractivity contribution is -0.126. The first-order valence-electron chi connectivity index (χ1n) is 7.82. The van der Waals surface area contributed by atoms with Crippen LogP contribution in [-0.4, -0.2) is 24.5 Å². The molecule has 118 valence electrons. The number of nitrogens with zero attached hydrogens (tertiary/aromatic N) is 1. The van der Waals surface area contributed by atoms with E-state index in [2.05, 4.69) is 0 Å². The van der Waals surface area contributed by atoms with Gasteiger partial charge in [-0.3, -0.25) is 4.79 Å². The smallest absolute Gasteiger partial charge is 0.338 e. The summed E-state index contributed by atoms with van der Waals surface area (Å²) in [5, 5.41) is 0. The Balaban J connectivity index is 1.72. The zero-order chi connectivity index (χ0) is 16.2. The Morgan fingerprint density at radius 1 is 1.04 bits per heavy atom. The second kappa shape index (κ2) is 6.65. The van der Waals surface area contributed by atoms with Gasteiger partial charge in [-0.25, -0.2) is 4.79 Å². The van der Waals surface area contributed by atoms with Crippen molar-refractivity contribution in [3.8, 4) is 0 Å². The van der Waals surface area contributed by atoms with Crippen LogP contribution in [0.25, 0.3) is 0 Å². The molecule has 23 heavy (non-hydrogen) atoms. The first-order valence-corrected chi connectivity index (χ1v) is 7.82. The van der Waals surface area contributed by atoms with E-state index < -0.39 is 12.1 Å². The Morgan fingerprint density at radius 2 is 1.74 bits per heavy atom. The average Bonchev–Trinajstić information content (AvgIpc) is 2.61. The SMILES string of the molecule is CC(OC(=O)c1ccccc1)C(=O)N1CCCc2ccccc21. The summed E-state index contributed by atoms with van der Waals surface area (Å²) in [4.78, 5) is 26.5. The number of rotatable bonds is 3. The maximum Gasteiger partial charge on any atom is 0.338 e. The summed E-state index contributed by atoms with van der Waals surface area (Å²) in [6.07, 6.45) is 1.08. The third-order valence-electron chi connectivity index (χ3n) is 4.02. The summed E-state index contributed by atoms with van der Waals surface area (Å²) in [6, 6.07) is 16.6. The van der Waals surface area contributed by atoms with Gasteiger partial charge in [-0.1, -0.05) is 36.4 Å². The fourth-order valence-corrected chi connectivity index (χ4v) is 2.84. The van der Waals surface area contributed by atoms with E-state index in [-0.39, 0.29) is 5.91 Å². The Hall–Kier alpha value is -2.62. The number of anilines is 1. The molecule has 1 atom stereocenters. The number of esters is 1. The highest BCUT2D eigenvalue weighted by Crippen LogP contribution is 2.27. The van der Waals surface area contributed by atoms with Gasteiger partial charge in [-0.05, 0) is 43.5 Å². The highest BCUT2D eigenvalue weighted by Gasteiger charge is 2.28. The number of fused-ring (bicyclic) bond motifs is 1. The zero-order valence-electron chi connectivity index (χ0n) is 13.1. The predicted octanol–water partition coefficient (Wildman–Crippen LogP) is 3.21. The molecule has 0 aromatic heterocycles. The van der Waals surface area contributed by atoms with E-state index in [9.17, 15) is 9.59 Å². The number of benzene rings is 2. The summed E-state index contributed by atoms with van der Waals surface area (Å²) < 4.78 is 5.34. The van der Waals surface area contributed by atoms with Crippen molar-refractivity contribution in [1.29, 1.82) is 0 Å². The predicted molar refractivity (Wildman–Crippen MR) is 88.4 cm³/mol. The molecule has 1 aliphatic rings. The van der Waals surface area contributed by atoms with Crippen LogP contribution in [0.3, 0.4) is 0 Å². The molecule has 0 saturated heterocycles. The summed E-state index contributed by atoms with van der Waals surface area (Å²) in [7, 11) is 0. The third-order valence-corrected chi connectivity index (χ3v) is 4.02. The third kappa shape index (κ3) is 3.26. The van der Waals surface area contributed by atoms with Crippen molar-refractivity contribution in [2.24, 2.45) is 0 Å². The number of para-hydroxylation sites is 1. The van der Waals surface area contributed by atoms with Gasteiger partial charge in [0.2, 0.25) is 0 Å². The molecule has 2 aromatic rings. The molecule has 0 saturated carbocycles. The number of carbonyl (C=O) groups excluding carboxylic acids is 2. The minimum Gasteiger partial charge on any atom is -0.449 e. The van der Waals surface area contributed by atoms with Crippen molar-refractivity contribution in [3.63, 3.8) is 0 Å². The molecule has 0 radical (unpaired) electrons. The van der Waals surface area contributed by atoms with E-state index in [1.165, 1.54) is 0 Å². The van der Waals surface area contributed by atoms with Crippen molar-refractivity contribution < 1.29 is 14.3 Å². The lowest BCUT2D eigenvalue weighted by Gasteiger charge is -2.31. The molecule has 1 unspecified atom stereocenters. The van der Waals surface area contributed by atoms with Crippen molar-refractivity contribution in [3.05, 3.63) is 65.7 Å². The molecular formula is C19H19NO3. The number of hydrogen-bond acceptors (Lipinski definition) is 3. The Labute approximate surface area is 135 Å². The summed E-state index contributed by atoms with van der Waals surface area (Å²) in [5.74, 6) is -0.654. The molecule has 1 amide bonds. The molecule has 0 spiro atoms. The quantitative estimate of drug-likeness (QED) is 0.818. The molecule has 0 N–H and O–H groups in total. The van der Waals surface area contributed by atoms with Gasteiger partial charge in [0.05, 0.1) is 5.56 Å². The second-order valence-electron chi connectivity index (χ2n) is 5.64. The molecule has 1 heterocycles. The number of carbonyl (C=O) groups is 2. The van der Waals surface area contributed by atoms with Crippen LogP contribution in [0.4, 0.5) is 5.69 Å². The molecular weight excluding hydrogens is 290 g/mol. The standard InChI is InChI=1S/C19H19NO3/c1-14(23-19(22)16-9-3-2-4-10-16)18(21)20-13-7-11-15-8-5-6-12-17(15)20/h2-6,8-10,12,14H,7,11,13H2,1H3. The van der Waals surface area contributed by atoms with Gasteiger partial charge in [0.25, 0.3) is 5.91 Å². The number of aryl methyl sites for hydroxylation is 1. The Kier molecular flexibility index (Phi) is 4.42. The van der Waals surface area contributed by atoms with Crippen LogP contribution in [0.5, 0.6) is 0 Å². The van der Waals surface area contributed by atoms with Gasteiger partial charge in [-0.2, -0.15) is 0 Å². The minimum atomic E-state index is -0.811. The van der Waals surface area contributed by atoms with Crippen LogP contribution in [0, 0.1) is 0 Å². The highest BCUT2D eigenvalue weighted by atomic mass is 16.5. The molecule has 0 fully saturated rings. The van der Waals surface area contributed by atoms with Gasteiger partial charge >= 0.3 is 5.97 Å². The largest absolute Gasteiger partial charge is 0.449 e. The molecule has 3 rings (SSSR count). The number of hydrogen-bond donors (Lipinski definition) is 0. The van der Waals surface area contributed by atoms with Crippen LogP contribution < -0.4 is 4.90 Å². The highest BCUT2D eigenvalue weighted by molar-refractivity contribution is 5.99. The zero-order valence-corrected chi connectivity index (χ0v) is 13.1. The van der Waals surface area contributed by atoms with E-state index in [0.29, 0.717) is 12.1 Å². The fourth-order valence-electron chi connectivity index (χ4n) is 2.84. The van der Waals surface area contributed by atoms with Crippen LogP contribution in [0.1, 0.15) is 29.3 Å². The fraction of sp³-hybridized carbons (Fsp3) is 0.263. The lowest BCUT2D eigenvalue weighted by Crippen LogP contribution is -2.42. The number of ether oxygens (including phenoxy) is 1. The van der Waals surface area contributed by atoms with E-state index in [1.807, 2.05) is 30.3 Å². The van der Waals surface area contributed by atoms with Gasteiger partial charge in [0, 0.05) is 12.2 Å². The molecule has 0 bridgehead atoms. The van der Waals surface area contributed by atoms with E-state index in [1.54, 1.807) is 36.1 Å². The summed E-state index contributed by atoms with van der Waals surface area (Å²) >= 11 is 0. The Bertz CT molecular complexity index is 712. The molecule has 0 aliphatic carbocycles. The number of amides is 1. The average molecular weight is 309 g/mol. The Morgan fingerprint density at radius 3 is 2.52 bits per heavy atom. The van der Waals surface area contributed by atoms with Crippen molar-refractivity contribution in [1.82, 2.24) is 0 Å². The van der Waals surface area contributed by atoms with Gasteiger partial charge in [-0.15, -0.1) is 0 Å². The van der Waals surface area contributed by atoms with E-state index in [4.69, 9.17) is 4.74 Å². The van der Waals surface area contributed by atoms with Gasteiger partial charge in [0.1, 0.15) is 0 Å². The van der Waals surface area contributed by atoms with E-state index >= 15 is 0 Å². The van der Waals surface area contributed by atoms with Crippen LogP contribution in [0.15, 0.2) is 54.6 Å². The molecule has 2 aromatic carbocycles. The van der Waals surface area contributed by atoms with Crippen LogP contribution in [0.2, 0.25) is 0 Å². The van der Waals surface area contributed by atoms with Crippen molar-refractivity contribution in [2.45, 2.75) is 25.9 Å². The maximum absolute atomic E-state index is 12.7. The van der Waals surface area contributed by atoms with Crippen molar-refractivity contribution in [2.75, 3.05) is 11.4 Å². The van der Waals surface area contributed by atoms with Crippen LogP contribution >= 0.6 is 0 Å². The molecule has 1 aliphatic heterocycles.